The predicted molar refractivity (Wildman–Crippen MR) is 105 cm³/mol. The summed E-state index contributed by atoms with van der Waals surface area (Å²) in [4.78, 5) is 26.3. The molecule has 0 radical (unpaired) electrons. The second-order valence-corrected chi connectivity index (χ2v) is 7.62. The molecule has 2 aromatic rings. The van der Waals surface area contributed by atoms with Crippen LogP contribution in [-0.4, -0.2) is 45.5 Å². The Balaban J connectivity index is 1.64. The van der Waals surface area contributed by atoms with Crippen LogP contribution in [0.2, 0.25) is 0 Å². The van der Waals surface area contributed by atoms with Crippen LogP contribution >= 0.6 is 0 Å². The molecule has 140 valence electrons. The molecule has 1 aliphatic rings. The van der Waals surface area contributed by atoms with Crippen molar-refractivity contribution in [1.29, 1.82) is 0 Å². The Bertz CT molecular complexity index is 797. The second kappa shape index (κ2) is 7.99. The molecule has 0 saturated carbocycles. The van der Waals surface area contributed by atoms with Crippen molar-refractivity contribution >= 4 is 5.82 Å². The molecule has 1 fully saturated rings. The zero-order chi connectivity index (χ0) is 18.7. The molecule has 0 aliphatic carbocycles. The van der Waals surface area contributed by atoms with Gasteiger partial charge in [0, 0.05) is 42.1 Å². The van der Waals surface area contributed by atoms with Gasteiger partial charge in [0.15, 0.2) is 0 Å². The maximum atomic E-state index is 11.9. The SMILES string of the molecule is Cc1nc(-c2ccc(NC[C@H]3CCCN3CC(C)C)nc2)[nH]c(=O)c1C. The third-order valence-corrected chi connectivity index (χ3v) is 5.05. The number of anilines is 1. The highest BCUT2D eigenvalue weighted by atomic mass is 16.1. The van der Waals surface area contributed by atoms with E-state index in [-0.39, 0.29) is 5.56 Å². The number of hydrogen-bond acceptors (Lipinski definition) is 5. The number of aryl methyl sites for hydroxylation is 1. The van der Waals surface area contributed by atoms with Crippen LogP contribution < -0.4 is 10.9 Å². The van der Waals surface area contributed by atoms with Gasteiger partial charge in [-0.05, 0) is 51.3 Å². The number of pyridine rings is 1. The molecule has 6 heteroatoms. The average Bonchev–Trinajstić information content (AvgIpc) is 3.04. The fourth-order valence-electron chi connectivity index (χ4n) is 3.48. The number of aromatic nitrogens is 3. The van der Waals surface area contributed by atoms with Gasteiger partial charge in [0.25, 0.3) is 5.56 Å². The third kappa shape index (κ3) is 4.30. The van der Waals surface area contributed by atoms with E-state index >= 15 is 0 Å². The third-order valence-electron chi connectivity index (χ3n) is 5.05. The van der Waals surface area contributed by atoms with Gasteiger partial charge >= 0.3 is 0 Å². The normalized spacial score (nSPS) is 17.8. The molecule has 0 amide bonds. The van der Waals surface area contributed by atoms with Crippen LogP contribution in [0.25, 0.3) is 11.4 Å². The Kier molecular flexibility index (Phi) is 5.71. The molecule has 6 nitrogen and oxygen atoms in total. The number of likely N-dealkylation sites (tertiary alicyclic amines) is 1. The lowest BCUT2D eigenvalue weighted by molar-refractivity contribution is 0.234. The van der Waals surface area contributed by atoms with Crippen molar-refractivity contribution in [2.24, 2.45) is 5.92 Å². The monoisotopic (exact) mass is 355 g/mol. The highest BCUT2D eigenvalue weighted by Gasteiger charge is 2.24. The highest BCUT2D eigenvalue weighted by Crippen LogP contribution is 2.20. The molecule has 2 N–H and O–H groups in total. The smallest absolute Gasteiger partial charge is 0.254 e. The minimum absolute atomic E-state index is 0.0961. The fraction of sp³-hybridized carbons (Fsp3) is 0.550. The van der Waals surface area contributed by atoms with E-state index in [1.54, 1.807) is 13.1 Å². The lowest BCUT2D eigenvalue weighted by Crippen LogP contribution is -2.37. The quantitative estimate of drug-likeness (QED) is 0.833. The summed E-state index contributed by atoms with van der Waals surface area (Å²) < 4.78 is 0. The number of hydrogen-bond donors (Lipinski definition) is 2. The summed E-state index contributed by atoms with van der Waals surface area (Å²) >= 11 is 0. The first-order valence-corrected chi connectivity index (χ1v) is 9.46. The van der Waals surface area contributed by atoms with Crippen molar-refractivity contribution in [3.05, 3.63) is 39.9 Å². The highest BCUT2D eigenvalue weighted by molar-refractivity contribution is 5.56. The van der Waals surface area contributed by atoms with E-state index in [9.17, 15) is 4.79 Å². The van der Waals surface area contributed by atoms with E-state index in [4.69, 9.17) is 0 Å². The summed E-state index contributed by atoms with van der Waals surface area (Å²) in [6.07, 6.45) is 4.28. The molecule has 3 rings (SSSR count). The summed E-state index contributed by atoms with van der Waals surface area (Å²) in [7, 11) is 0. The second-order valence-electron chi connectivity index (χ2n) is 7.62. The van der Waals surface area contributed by atoms with Crippen LogP contribution in [-0.2, 0) is 0 Å². The first-order chi connectivity index (χ1) is 12.4. The lowest BCUT2D eigenvalue weighted by Gasteiger charge is -2.26. The minimum atomic E-state index is -0.0961. The van der Waals surface area contributed by atoms with Gasteiger partial charge in [0.05, 0.1) is 0 Å². The van der Waals surface area contributed by atoms with Gasteiger partial charge < -0.3 is 10.3 Å². The lowest BCUT2D eigenvalue weighted by atomic mass is 10.1. The van der Waals surface area contributed by atoms with Crippen molar-refractivity contribution < 1.29 is 0 Å². The number of H-pyrrole nitrogens is 1. The molecule has 0 aromatic carbocycles. The summed E-state index contributed by atoms with van der Waals surface area (Å²) in [5.41, 5.74) is 2.12. The van der Waals surface area contributed by atoms with E-state index < -0.39 is 0 Å². The predicted octanol–water partition coefficient (Wildman–Crippen LogP) is 2.98. The van der Waals surface area contributed by atoms with Crippen LogP contribution in [0.1, 0.15) is 37.9 Å². The summed E-state index contributed by atoms with van der Waals surface area (Å²) in [5.74, 6) is 2.12. The van der Waals surface area contributed by atoms with Gasteiger partial charge in [-0.1, -0.05) is 13.8 Å². The van der Waals surface area contributed by atoms with Crippen LogP contribution in [0.3, 0.4) is 0 Å². The van der Waals surface area contributed by atoms with E-state index in [1.165, 1.54) is 19.4 Å². The zero-order valence-electron chi connectivity index (χ0n) is 16.2. The number of rotatable bonds is 6. The summed E-state index contributed by atoms with van der Waals surface area (Å²) in [5, 5.41) is 3.46. The van der Waals surface area contributed by atoms with E-state index in [0.717, 1.165) is 30.2 Å². The molecule has 0 unspecified atom stereocenters. The van der Waals surface area contributed by atoms with Crippen molar-refractivity contribution in [1.82, 2.24) is 19.9 Å². The first-order valence-electron chi connectivity index (χ1n) is 9.46. The topological polar surface area (TPSA) is 73.9 Å². The van der Waals surface area contributed by atoms with Crippen LogP contribution in [0.15, 0.2) is 23.1 Å². The summed E-state index contributed by atoms with van der Waals surface area (Å²) in [6.45, 7) is 11.4. The molecule has 26 heavy (non-hydrogen) atoms. The maximum Gasteiger partial charge on any atom is 0.254 e. The van der Waals surface area contributed by atoms with Crippen molar-refractivity contribution in [3.8, 4) is 11.4 Å². The molecular weight excluding hydrogens is 326 g/mol. The zero-order valence-corrected chi connectivity index (χ0v) is 16.2. The number of aromatic amines is 1. The molecule has 0 spiro atoms. The standard InChI is InChI=1S/C20H29N5O/c1-13(2)12-25-9-5-6-17(25)11-22-18-8-7-16(10-21-18)19-23-15(4)14(3)20(26)24-19/h7-8,10,13,17H,5-6,9,11-12H2,1-4H3,(H,21,22)(H,23,24,26)/t17-/m1/s1. The largest absolute Gasteiger partial charge is 0.369 e. The van der Waals surface area contributed by atoms with Crippen LogP contribution in [0.5, 0.6) is 0 Å². The van der Waals surface area contributed by atoms with Gasteiger partial charge in [0.2, 0.25) is 0 Å². The Morgan fingerprint density at radius 2 is 2.15 bits per heavy atom. The van der Waals surface area contributed by atoms with Crippen LogP contribution in [0, 0.1) is 19.8 Å². The summed E-state index contributed by atoms with van der Waals surface area (Å²) in [6, 6.07) is 4.48. The molecule has 1 atom stereocenters. The molecular formula is C20H29N5O. The van der Waals surface area contributed by atoms with Gasteiger partial charge in [-0.15, -0.1) is 0 Å². The average molecular weight is 355 g/mol. The van der Waals surface area contributed by atoms with E-state index in [2.05, 4.69) is 39.0 Å². The molecule has 3 heterocycles. The Labute approximate surface area is 155 Å². The molecule has 1 aliphatic heterocycles. The van der Waals surface area contributed by atoms with Crippen molar-refractivity contribution in [2.45, 2.75) is 46.6 Å². The van der Waals surface area contributed by atoms with Crippen molar-refractivity contribution in [2.75, 3.05) is 25.0 Å². The number of nitrogens with zero attached hydrogens (tertiary/aromatic N) is 3. The van der Waals surface area contributed by atoms with Gasteiger partial charge in [-0.3, -0.25) is 9.69 Å². The van der Waals surface area contributed by atoms with E-state index in [1.807, 2.05) is 19.1 Å². The Morgan fingerprint density at radius 1 is 1.35 bits per heavy atom. The van der Waals surface area contributed by atoms with Gasteiger partial charge in [-0.2, -0.15) is 0 Å². The molecule has 0 bridgehead atoms. The van der Waals surface area contributed by atoms with Gasteiger partial charge in [0.1, 0.15) is 11.6 Å². The Hall–Kier alpha value is -2.21. The number of nitrogens with one attached hydrogen (secondary N) is 2. The fourth-order valence-corrected chi connectivity index (χ4v) is 3.48. The van der Waals surface area contributed by atoms with Gasteiger partial charge in [-0.25, -0.2) is 9.97 Å². The maximum absolute atomic E-state index is 11.9. The van der Waals surface area contributed by atoms with E-state index in [0.29, 0.717) is 23.3 Å². The molecule has 2 aromatic heterocycles. The first kappa shape index (κ1) is 18.6. The minimum Gasteiger partial charge on any atom is -0.369 e. The Morgan fingerprint density at radius 3 is 2.81 bits per heavy atom. The molecule has 1 saturated heterocycles. The van der Waals surface area contributed by atoms with Crippen molar-refractivity contribution in [3.63, 3.8) is 0 Å². The van der Waals surface area contributed by atoms with Crippen LogP contribution in [0.4, 0.5) is 5.82 Å².